The number of rotatable bonds is 3. The van der Waals surface area contributed by atoms with E-state index in [1.54, 1.807) is 32.5 Å². The Morgan fingerprint density at radius 3 is 2.24 bits per heavy atom. The third kappa shape index (κ3) is 2.28. The molecule has 0 amide bonds. The van der Waals surface area contributed by atoms with Crippen LogP contribution in [0.25, 0.3) is 11.1 Å². The molecule has 0 fully saturated rings. The van der Waals surface area contributed by atoms with E-state index in [9.17, 15) is 0 Å². The number of hydrogen-bond donors (Lipinski definition) is 1. The van der Waals surface area contributed by atoms with Crippen LogP contribution in [0.4, 0.5) is 5.82 Å². The van der Waals surface area contributed by atoms with Crippen molar-refractivity contribution in [2.75, 3.05) is 20.0 Å². The minimum Gasteiger partial charge on any atom is -0.497 e. The lowest BCUT2D eigenvalue weighted by atomic mass is 10.1. The van der Waals surface area contributed by atoms with Crippen molar-refractivity contribution >= 4 is 5.82 Å². The van der Waals surface area contributed by atoms with Crippen molar-refractivity contribution in [1.82, 2.24) is 10.2 Å². The second-order valence-electron chi connectivity index (χ2n) is 3.43. The van der Waals surface area contributed by atoms with Gasteiger partial charge in [0.15, 0.2) is 5.82 Å². The first kappa shape index (κ1) is 11.2. The Morgan fingerprint density at radius 1 is 1.06 bits per heavy atom. The fourth-order valence-corrected chi connectivity index (χ4v) is 1.55. The Labute approximate surface area is 99.2 Å². The predicted octanol–water partition coefficient (Wildman–Crippen LogP) is 1.74. The Morgan fingerprint density at radius 2 is 1.71 bits per heavy atom. The number of hydrogen-bond acceptors (Lipinski definition) is 5. The molecule has 1 aromatic heterocycles. The zero-order chi connectivity index (χ0) is 12.3. The molecule has 0 saturated carbocycles. The van der Waals surface area contributed by atoms with Crippen LogP contribution in [0, 0.1) is 0 Å². The first-order valence-electron chi connectivity index (χ1n) is 5.05. The van der Waals surface area contributed by atoms with Crippen LogP contribution in [0.3, 0.4) is 0 Å². The van der Waals surface area contributed by atoms with Gasteiger partial charge in [0.25, 0.3) is 0 Å². The highest BCUT2D eigenvalue weighted by atomic mass is 16.5. The lowest BCUT2D eigenvalue weighted by Crippen LogP contribution is -1.96. The van der Waals surface area contributed by atoms with Gasteiger partial charge < -0.3 is 15.2 Å². The molecule has 0 radical (unpaired) electrons. The Bertz CT molecular complexity index is 507. The molecule has 2 rings (SSSR count). The fourth-order valence-electron chi connectivity index (χ4n) is 1.55. The van der Waals surface area contributed by atoms with Gasteiger partial charge in [-0.15, -0.1) is 5.10 Å². The number of benzene rings is 1. The average molecular weight is 231 g/mol. The lowest BCUT2D eigenvalue weighted by molar-refractivity contribution is 0.394. The molecular formula is C12H13N3O2. The fraction of sp³-hybridized carbons (Fsp3) is 0.167. The van der Waals surface area contributed by atoms with Gasteiger partial charge in [-0.1, -0.05) is 0 Å². The molecule has 0 spiro atoms. The number of aromatic nitrogens is 2. The maximum atomic E-state index is 5.78. The molecule has 0 aliphatic heterocycles. The monoisotopic (exact) mass is 231 g/mol. The van der Waals surface area contributed by atoms with Crippen molar-refractivity contribution < 1.29 is 9.47 Å². The summed E-state index contributed by atoms with van der Waals surface area (Å²) in [5.74, 6) is 1.79. The molecule has 1 heterocycles. The van der Waals surface area contributed by atoms with Crippen molar-refractivity contribution in [3.8, 4) is 22.6 Å². The van der Waals surface area contributed by atoms with E-state index in [1.165, 1.54) is 0 Å². The topological polar surface area (TPSA) is 70.3 Å². The summed E-state index contributed by atoms with van der Waals surface area (Å²) in [4.78, 5) is 0. The molecule has 88 valence electrons. The van der Waals surface area contributed by atoms with Crippen LogP contribution >= 0.6 is 0 Å². The van der Waals surface area contributed by atoms with E-state index >= 15 is 0 Å². The van der Waals surface area contributed by atoms with Gasteiger partial charge in [0.2, 0.25) is 0 Å². The minimum absolute atomic E-state index is 0.378. The van der Waals surface area contributed by atoms with Gasteiger partial charge in [-0.2, -0.15) is 5.10 Å². The van der Waals surface area contributed by atoms with Crippen LogP contribution in [-0.4, -0.2) is 24.4 Å². The van der Waals surface area contributed by atoms with E-state index in [4.69, 9.17) is 15.2 Å². The number of nitrogen functional groups attached to an aromatic ring is 1. The number of ether oxygens (including phenoxy) is 2. The largest absolute Gasteiger partial charge is 0.497 e. The maximum Gasteiger partial charge on any atom is 0.153 e. The second kappa shape index (κ2) is 4.69. The summed E-state index contributed by atoms with van der Waals surface area (Å²) in [6.45, 7) is 0. The van der Waals surface area contributed by atoms with Crippen LogP contribution in [0.2, 0.25) is 0 Å². The van der Waals surface area contributed by atoms with E-state index in [0.29, 0.717) is 17.3 Å². The second-order valence-corrected chi connectivity index (χ2v) is 3.43. The van der Waals surface area contributed by atoms with Crippen molar-refractivity contribution in [1.29, 1.82) is 0 Å². The quantitative estimate of drug-likeness (QED) is 0.871. The van der Waals surface area contributed by atoms with E-state index in [-0.39, 0.29) is 0 Å². The summed E-state index contributed by atoms with van der Waals surface area (Å²) in [5.41, 5.74) is 7.47. The summed E-state index contributed by atoms with van der Waals surface area (Å²) in [6, 6.07) is 7.34. The zero-order valence-electron chi connectivity index (χ0n) is 9.68. The van der Waals surface area contributed by atoms with E-state index in [0.717, 1.165) is 11.1 Å². The third-order valence-electron chi connectivity index (χ3n) is 2.41. The molecule has 0 atom stereocenters. The molecule has 0 saturated heterocycles. The number of nitrogens with zero attached hydrogens (tertiary/aromatic N) is 2. The number of nitrogens with two attached hydrogens (primary N) is 1. The summed E-state index contributed by atoms with van der Waals surface area (Å²) in [7, 11) is 3.21. The molecule has 2 N–H and O–H groups in total. The molecule has 5 heteroatoms. The normalized spacial score (nSPS) is 10.0. The smallest absolute Gasteiger partial charge is 0.153 e. The summed E-state index contributed by atoms with van der Waals surface area (Å²) < 4.78 is 10.4. The standard InChI is InChI=1S/C12H13N3O2/c1-16-9-5-8(6-10(7-9)17-2)11-3-4-14-15-12(11)13/h3-7H,1-2H3,(H2,13,15). The van der Waals surface area contributed by atoms with Crippen LogP contribution in [0.15, 0.2) is 30.5 Å². The Kier molecular flexibility index (Phi) is 3.09. The summed E-state index contributed by atoms with van der Waals surface area (Å²) in [5, 5.41) is 7.53. The zero-order valence-corrected chi connectivity index (χ0v) is 9.68. The maximum absolute atomic E-state index is 5.78. The van der Waals surface area contributed by atoms with Gasteiger partial charge in [0, 0.05) is 11.6 Å². The summed E-state index contributed by atoms with van der Waals surface area (Å²) in [6.07, 6.45) is 1.59. The molecule has 0 aliphatic rings. The lowest BCUT2D eigenvalue weighted by Gasteiger charge is -2.09. The highest BCUT2D eigenvalue weighted by Crippen LogP contribution is 2.31. The van der Waals surface area contributed by atoms with Crippen LogP contribution in [-0.2, 0) is 0 Å². The number of anilines is 1. The van der Waals surface area contributed by atoms with Gasteiger partial charge in [-0.3, -0.25) is 0 Å². The van der Waals surface area contributed by atoms with E-state index < -0.39 is 0 Å². The van der Waals surface area contributed by atoms with Gasteiger partial charge >= 0.3 is 0 Å². The Balaban J connectivity index is 2.55. The van der Waals surface area contributed by atoms with Gasteiger partial charge in [0.05, 0.1) is 20.4 Å². The third-order valence-corrected chi connectivity index (χ3v) is 2.41. The molecule has 0 unspecified atom stereocenters. The average Bonchev–Trinajstić information content (AvgIpc) is 2.38. The van der Waals surface area contributed by atoms with E-state index in [2.05, 4.69) is 10.2 Å². The Hall–Kier alpha value is -2.30. The SMILES string of the molecule is COc1cc(OC)cc(-c2ccnnc2N)c1. The highest BCUT2D eigenvalue weighted by Gasteiger charge is 2.07. The van der Waals surface area contributed by atoms with Crippen LogP contribution < -0.4 is 15.2 Å². The van der Waals surface area contributed by atoms with Crippen molar-refractivity contribution in [3.63, 3.8) is 0 Å². The minimum atomic E-state index is 0.378. The first-order valence-corrected chi connectivity index (χ1v) is 5.05. The molecule has 1 aromatic carbocycles. The molecule has 17 heavy (non-hydrogen) atoms. The van der Waals surface area contributed by atoms with Crippen LogP contribution in [0.1, 0.15) is 0 Å². The van der Waals surface area contributed by atoms with Gasteiger partial charge in [-0.25, -0.2) is 0 Å². The predicted molar refractivity (Wildman–Crippen MR) is 65.0 cm³/mol. The molecule has 0 aliphatic carbocycles. The molecule has 5 nitrogen and oxygen atoms in total. The number of methoxy groups -OCH3 is 2. The van der Waals surface area contributed by atoms with Gasteiger partial charge in [0.1, 0.15) is 11.5 Å². The van der Waals surface area contributed by atoms with Gasteiger partial charge in [-0.05, 0) is 23.8 Å². The molecule has 0 bridgehead atoms. The first-order chi connectivity index (χ1) is 8.24. The van der Waals surface area contributed by atoms with E-state index in [1.807, 2.05) is 12.1 Å². The molecular weight excluding hydrogens is 218 g/mol. The van der Waals surface area contributed by atoms with Crippen molar-refractivity contribution in [3.05, 3.63) is 30.5 Å². The highest BCUT2D eigenvalue weighted by molar-refractivity contribution is 5.75. The molecule has 2 aromatic rings. The summed E-state index contributed by atoms with van der Waals surface area (Å²) >= 11 is 0. The van der Waals surface area contributed by atoms with Crippen molar-refractivity contribution in [2.45, 2.75) is 0 Å². The van der Waals surface area contributed by atoms with Crippen molar-refractivity contribution in [2.24, 2.45) is 0 Å². The van der Waals surface area contributed by atoms with Crippen LogP contribution in [0.5, 0.6) is 11.5 Å².